The number of aromatic nitrogens is 3. The van der Waals surface area contributed by atoms with Crippen molar-refractivity contribution >= 4 is 40.4 Å². The van der Waals surface area contributed by atoms with Crippen LogP contribution in [0.5, 0.6) is 0 Å². The highest BCUT2D eigenvalue weighted by molar-refractivity contribution is 6.29. The van der Waals surface area contributed by atoms with Gasteiger partial charge in [0.05, 0.1) is 35.7 Å². The number of fused-ring (bicyclic) bond motifs is 1. The maximum Gasteiger partial charge on any atom is 0.413 e. The Bertz CT molecular complexity index is 1290. The van der Waals surface area contributed by atoms with Crippen LogP contribution in [0, 0.1) is 5.92 Å². The van der Waals surface area contributed by atoms with E-state index in [1.165, 1.54) is 28.8 Å². The Morgan fingerprint density at radius 1 is 1.32 bits per heavy atom. The van der Waals surface area contributed by atoms with Crippen molar-refractivity contribution in [3.8, 4) is 0 Å². The summed E-state index contributed by atoms with van der Waals surface area (Å²) in [6.07, 6.45) is -1.66. The third-order valence-corrected chi connectivity index (χ3v) is 6.61. The summed E-state index contributed by atoms with van der Waals surface area (Å²) in [6.45, 7) is 1.85. The van der Waals surface area contributed by atoms with Crippen LogP contribution in [0.3, 0.4) is 0 Å². The number of amides is 2. The minimum atomic E-state index is -4.70. The molecular weight excluding hydrogens is 513 g/mol. The predicted molar refractivity (Wildman–Crippen MR) is 130 cm³/mol. The maximum atomic E-state index is 14.1. The fourth-order valence-electron chi connectivity index (χ4n) is 4.44. The molecule has 0 bridgehead atoms. The molecule has 9 nitrogen and oxygen atoms in total. The number of imidazole rings is 1. The van der Waals surface area contributed by atoms with Crippen LogP contribution in [0.4, 0.5) is 24.5 Å². The van der Waals surface area contributed by atoms with Gasteiger partial charge in [-0.15, -0.1) is 0 Å². The Hall–Kier alpha value is -3.38. The first-order chi connectivity index (χ1) is 17.5. The zero-order valence-electron chi connectivity index (χ0n) is 20.3. The fraction of sp³-hybridized carbons (Fsp3) is 0.417. The average molecular weight is 539 g/mol. The van der Waals surface area contributed by atoms with Crippen LogP contribution in [0.1, 0.15) is 43.0 Å². The first-order valence-corrected chi connectivity index (χ1v) is 11.9. The molecule has 4 rings (SSSR count). The van der Waals surface area contributed by atoms with Gasteiger partial charge in [-0.25, -0.2) is 9.50 Å². The topological polar surface area (TPSA) is 101 Å². The lowest BCUT2D eigenvalue weighted by Gasteiger charge is -2.34. The van der Waals surface area contributed by atoms with E-state index < -0.39 is 24.0 Å². The summed E-state index contributed by atoms with van der Waals surface area (Å²) in [5, 5.41) is 10.2. The third kappa shape index (κ3) is 5.64. The Labute approximate surface area is 215 Å². The number of halogens is 4. The molecule has 2 N–H and O–H groups in total. The highest BCUT2D eigenvalue weighted by atomic mass is 35.5. The zero-order valence-corrected chi connectivity index (χ0v) is 21.1. The molecule has 1 saturated heterocycles. The molecule has 0 spiro atoms. The van der Waals surface area contributed by atoms with Gasteiger partial charge in [0.2, 0.25) is 11.8 Å². The molecule has 198 valence electrons. The zero-order chi connectivity index (χ0) is 26.9. The van der Waals surface area contributed by atoms with Gasteiger partial charge >= 0.3 is 6.18 Å². The summed E-state index contributed by atoms with van der Waals surface area (Å²) < 4.78 is 49.3. The summed E-state index contributed by atoms with van der Waals surface area (Å²) in [7, 11) is 2.68. The average Bonchev–Trinajstić information content (AvgIpc) is 3.24. The van der Waals surface area contributed by atoms with Crippen molar-refractivity contribution in [3.05, 3.63) is 52.9 Å². The van der Waals surface area contributed by atoms with Gasteiger partial charge in [-0.3, -0.25) is 9.59 Å². The molecule has 3 heterocycles. The Kier molecular flexibility index (Phi) is 7.60. The van der Waals surface area contributed by atoms with Crippen LogP contribution in [-0.2, 0) is 14.3 Å². The Morgan fingerprint density at radius 3 is 2.62 bits per heavy atom. The molecule has 1 aliphatic heterocycles. The lowest BCUT2D eigenvalue weighted by molar-refractivity contribution is -0.190. The molecule has 0 saturated carbocycles. The van der Waals surface area contributed by atoms with E-state index in [1.807, 2.05) is 6.92 Å². The summed E-state index contributed by atoms with van der Waals surface area (Å²) >= 11 is 6.03. The number of benzene rings is 1. The third-order valence-electron chi connectivity index (χ3n) is 6.43. The number of carbonyl (C=O) groups is 2. The lowest BCUT2D eigenvalue weighted by Crippen LogP contribution is -2.47. The van der Waals surface area contributed by atoms with Gasteiger partial charge in [-0.2, -0.15) is 18.3 Å². The monoisotopic (exact) mass is 538 g/mol. The van der Waals surface area contributed by atoms with Gasteiger partial charge in [-0.05, 0) is 31.0 Å². The van der Waals surface area contributed by atoms with E-state index in [9.17, 15) is 22.8 Å². The van der Waals surface area contributed by atoms with Crippen molar-refractivity contribution in [2.24, 2.45) is 5.92 Å². The van der Waals surface area contributed by atoms with E-state index >= 15 is 0 Å². The highest BCUT2D eigenvalue weighted by Gasteiger charge is 2.46. The highest BCUT2D eigenvalue weighted by Crippen LogP contribution is 2.39. The van der Waals surface area contributed by atoms with E-state index in [2.05, 4.69) is 20.7 Å². The predicted octanol–water partition coefficient (Wildman–Crippen LogP) is 4.42. The van der Waals surface area contributed by atoms with Crippen molar-refractivity contribution in [2.45, 2.75) is 38.1 Å². The molecule has 3 atom stereocenters. The number of rotatable bonds is 7. The van der Waals surface area contributed by atoms with Crippen LogP contribution >= 0.6 is 11.6 Å². The number of ether oxygens (including phenoxy) is 1. The number of carbonyl (C=O) groups excluding carboxylic acids is 2. The van der Waals surface area contributed by atoms with Crippen LogP contribution in [0.15, 0.2) is 36.7 Å². The van der Waals surface area contributed by atoms with E-state index in [0.29, 0.717) is 27.5 Å². The molecule has 0 aliphatic carbocycles. The number of hydrogen-bond donors (Lipinski definition) is 2. The number of piperidine rings is 1. The SMILES string of the molecule is CO[C@@H](C)c1c(Nc2ccc([C@H](N(C)C(=O)[C@H]3CCC(=O)NC3)C(F)(F)F)cc2)cnn2cc(Cl)nc12. The van der Waals surface area contributed by atoms with E-state index in [4.69, 9.17) is 16.3 Å². The Balaban J connectivity index is 1.59. The molecule has 1 aromatic carbocycles. The van der Waals surface area contributed by atoms with Gasteiger partial charge < -0.3 is 20.3 Å². The number of anilines is 2. The second kappa shape index (κ2) is 10.5. The molecule has 0 radical (unpaired) electrons. The minimum Gasteiger partial charge on any atom is -0.377 e. The lowest BCUT2D eigenvalue weighted by atomic mass is 9.96. The number of nitrogens with zero attached hydrogens (tertiary/aromatic N) is 4. The second-order valence-corrected chi connectivity index (χ2v) is 9.25. The van der Waals surface area contributed by atoms with Crippen LogP contribution in [0.2, 0.25) is 5.15 Å². The largest absolute Gasteiger partial charge is 0.413 e. The molecular formula is C24H26ClF3N6O3. The van der Waals surface area contributed by atoms with Gasteiger partial charge in [-0.1, -0.05) is 23.7 Å². The summed E-state index contributed by atoms with van der Waals surface area (Å²) in [6, 6.07) is 3.50. The molecule has 2 amide bonds. The molecule has 37 heavy (non-hydrogen) atoms. The van der Waals surface area contributed by atoms with Crippen molar-refractivity contribution in [1.82, 2.24) is 24.8 Å². The number of methoxy groups -OCH3 is 1. The number of nitrogens with one attached hydrogen (secondary N) is 2. The molecule has 13 heteroatoms. The van der Waals surface area contributed by atoms with Crippen molar-refractivity contribution < 1.29 is 27.5 Å². The molecule has 3 aromatic rings. The second-order valence-electron chi connectivity index (χ2n) is 8.86. The number of alkyl halides is 3. The quantitative estimate of drug-likeness (QED) is 0.462. The normalized spacial score (nSPS) is 17.8. The molecule has 1 fully saturated rings. The van der Waals surface area contributed by atoms with E-state index in [0.717, 1.165) is 7.05 Å². The van der Waals surface area contributed by atoms with Gasteiger partial charge in [0.15, 0.2) is 11.7 Å². The summed E-state index contributed by atoms with van der Waals surface area (Å²) in [4.78, 5) is 29.2. The summed E-state index contributed by atoms with van der Waals surface area (Å²) in [5.74, 6) is -1.58. The fourth-order valence-corrected chi connectivity index (χ4v) is 4.61. The van der Waals surface area contributed by atoms with Gasteiger partial charge in [0, 0.05) is 32.8 Å². The van der Waals surface area contributed by atoms with Crippen LogP contribution in [0.25, 0.3) is 5.65 Å². The molecule has 0 unspecified atom stereocenters. The number of hydrogen-bond acceptors (Lipinski definition) is 6. The van der Waals surface area contributed by atoms with Crippen molar-refractivity contribution in [1.29, 1.82) is 0 Å². The summed E-state index contributed by atoms with van der Waals surface area (Å²) in [5.41, 5.74) is 2.12. The first kappa shape index (κ1) is 26.7. The van der Waals surface area contributed by atoms with E-state index in [1.54, 1.807) is 19.5 Å². The van der Waals surface area contributed by atoms with Crippen molar-refractivity contribution in [3.63, 3.8) is 0 Å². The first-order valence-electron chi connectivity index (χ1n) is 11.5. The van der Waals surface area contributed by atoms with E-state index in [-0.39, 0.29) is 42.1 Å². The minimum absolute atomic E-state index is 0.0256. The standard InChI is InChI=1S/C24H26ClF3N6O3/c1-13(37-3)20-17(11-30-34-12-18(25)32-22(20)34)31-16-7-4-14(5-8-16)21(24(26,27)28)33(2)23(36)15-6-9-19(35)29-10-15/h4-5,7-8,11-13,15,21,31H,6,9-10H2,1-3H3,(H,29,35)/t13-,15-,21-/m0/s1. The Morgan fingerprint density at radius 2 is 2.03 bits per heavy atom. The molecule has 1 aliphatic rings. The molecule has 2 aromatic heterocycles. The van der Waals surface area contributed by atoms with Gasteiger partial charge in [0.1, 0.15) is 5.15 Å². The van der Waals surface area contributed by atoms with Crippen LogP contribution < -0.4 is 10.6 Å². The van der Waals surface area contributed by atoms with Crippen molar-refractivity contribution in [2.75, 3.05) is 26.0 Å². The maximum absolute atomic E-state index is 14.1. The smallest absolute Gasteiger partial charge is 0.377 e. The van der Waals surface area contributed by atoms with Gasteiger partial charge in [0.25, 0.3) is 0 Å². The van der Waals surface area contributed by atoms with Crippen LogP contribution in [-0.4, -0.2) is 58.2 Å².